The summed E-state index contributed by atoms with van der Waals surface area (Å²) < 4.78 is 8.97. The van der Waals surface area contributed by atoms with Crippen LogP contribution in [0.5, 0.6) is 5.75 Å². The highest BCUT2D eigenvalue weighted by atomic mass is 16.5. The highest BCUT2D eigenvalue weighted by Crippen LogP contribution is 2.22. The summed E-state index contributed by atoms with van der Waals surface area (Å²) in [6, 6.07) is 3.02. The summed E-state index contributed by atoms with van der Waals surface area (Å²) in [5.74, 6) is -1.98. The van der Waals surface area contributed by atoms with Crippen molar-refractivity contribution in [3.05, 3.63) is 23.8 Å². The topological polar surface area (TPSA) is 128 Å². The normalized spacial score (nSPS) is 11.4. The molecule has 1 amide bonds. The molecule has 0 aliphatic carbocycles. The highest BCUT2D eigenvalue weighted by Gasteiger charge is 2.17. The molecule has 0 saturated carbocycles. The molecule has 0 heterocycles. The number of methoxy groups -OCH3 is 2. The Morgan fingerprint density at radius 3 is 2.55 bits per heavy atom. The fourth-order valence-corrected chi connectivity index (χ4v) is 1.63. The average Bonchev–Trinajstić information content (AvgIpc) is 2.52. The molecular weight excluding hydrogens is 292 g/mol. The molecule has 8 nitrogen and oxygen atoms in total. The van der Waals surface area contributed by atoms with Crippen molar-refractivity contribution in [2.45, 2.75) is 18.9 Å². The molecule has 0 spiro atoms. The number of phenols is 1. The maximum Gasteiger partial charge on any atom is 0.341 e. The zero-order chi connectivity index (χ0) is 16.7. The second-order valence-electron chi connectivity index (χ2n) is 4.43. The number of hydrogen-bond donors (Lipinski definition) is 3. The number of anilines is 1. The van der Waals surface area contributed by atoms with E-state index in [1.165, 1.54) is 32.4 Å². The van der Waals surface area contributed by atoms with Crippen LogP contribution in [0.3, 0.4) is 0 Å². The van der Waals surface area contributed by atoms with Gasteiger partial charge in [0.1, 0.15) is 11.3 Å². The number of hydrogen-bond acceptors (Lipinski definition) is 7. The Hall–Kier alpha value is -2.61. The van der Waals surface area contributed by atoms with Crippen LogP contribution in [-0.4, -0.2) is 43.2 Å². The molecule has 120 valence electrons. The number of amides is 1. The van der Waals surface area contributed by atoms with Crippen LogP contribution in [-0.2, 0) is 19.1 Å². The molecule has 0 aromatic heterocycles. The lowest BCUT2D eigenvalue weighted by molar-refractivity contribution is -0.140. The first-order chi connectivity index (χ1) is 10.4. The van der Waals surface area contributed by atoms with Crippen LogP contribution in [0.2, 0.25) is 0 Å². The van der Waals surface area contributed by atoms with E-state index in [-0.39, 0.29) is 29.8 Å². The molecule has 1 atom stereocenters. The third kappa shape index (κ3) is 4.74. The van der Waals surface area contributed by atoms with E-state index in [1.807, 2.05) is 0 Å². The number of carbonyl (C=O) groups excluding carboxylic acids is 3. The summed E-state index contributed by atoms with van der Waals surface area (Å²) in [4.78, 5) is 34.3. The van der Waals surface area contributed by atoms with Gasteiger partial charge in [-0.1, -0.05) is 0 Å². The predicted octanol–water partition coefficient (Wildman–Crippen LogP) is 0.398. The Kier molecular flexibility index (Phi) is 6.33. The van der Waals surface area contributed by atoms with E-state index in [9.17, 15) is 19.5 Å². The van der Waals surface area contributed by atoms with Crippen molar-refractivity contribution in [3.8, 4) is 5.75 Å². The molecule has 0 saturated heterocycles. The summed E-state index contributed by atoms with van der Waals surface area (Å²) in [6.45, 7) is 0. The smallest absolute Gasteiger partial charge is 0.341 e. The van der Waals surface area contributed by atoms with Crippen molar-refractivity contribution < 1.29 is 29.0 Å². The quantitative estimate of drug-likeness (QED) is 0.512. The minimum absolute atomic E-state index is 0.0219. The molecular formula is C14H18N2O6. The highest BCUT2D eigenvalue weighted by molar-refractivity contribution is 5.98. The first-order valence-corrected chi connectivity index (χ1v) is 6.43. The van der Waals surface area contributed by atoms with Crippen LogP contribution in [0.15, 0.2) is 18.2 Å². The number of rotatable bonds is 6. The average molecular weight is 310 g/mol. The number of nitrogens with two attached hydrogens (primary N) is 1. The second-order valence-corrected chi connectivity index (χ2v) is 4.43. The minimum Gasteiger partial charge on any atom is -0.507 e. The van der Waals surface area contributed by atoms with Gasteiger partial charge in [0.15, 0.2) is 0 Å². The van der Waals surface area contributed by atoms with Gasteiger partial charge in [-0.25, -0.2) is 4.79 Å². The number of nitrogens with one attached hydrogen (secondary N) is 1. The van der Waals surface area contributed by atoms with Crippen molar-refractivity contribution in [1.82, 2.24) is 0 Å². The minimum atomic E-state index is -0.908. The van der Waals surface area contributed by atoms with Crippen molar-refractivity contribution in [3.63, 3.8) is 0 Å². The number of aromatic hydroxyl groups is 1. The lowest BCUT2D eigenvalue weighted by Gasteiger charge is -2.12. The second kappa shape index (κ2) is 7.99. The Labute approximate surface area is 127 Å². The van der Waals surface area contributed by atoms with Crippen molar-refractivity contribution in [2.24, 2.45) is 5.73 Å². The maximum absolute atomic E-state index is 11.9. The molecule has 1 aromatic carbocycles. The third-order valence-corrected chi connectivity index (χ3v) is 2.89. The van der Waals surface area contributed by atoms with Gasteiger partial charge in [0, 0.05) is 12.1 Å². The first-order valence-electron chi connectivity index (χ1n) is 6.43. The molecule has 0 aliphatic rings. The molecule has 0 unspecified atom stereocenters. The van der Waals surface area contributed by atoms with Gasteiger partial charge in [-0.05, 0) is 24.6 Å². The summed E-state index contributed by atoms with van der Waals surface area (Å²) in [7, 11) is 2.43. The maximum atomic E-state index is 11.9. The Morgan fingerprint density at radius 2 is 1.95 bits per heavy atom. The Balaban J connectivity index is 2.72. The SMILES string of the molecule is COC(=O)CC[C@H](N)C(=O)Nc1ccc(O)c(C(=O)OC)c1. The fourth-order valence-electron chi connectivity index (χ4n) is 1.63. The molecule has 0 fully saturated rings. The van der Waals surface area contributed by atoms with Gasteiger partial charge in [-0.3, -0.25) is 9.59 Å². The molecule has 1 aromatic rings. The molecule has 1 rings (SSSR count). The third-order valence-electron chi connectivity index (χ3n) is 2.89. The van der Waals surface area contributed by atoms with Gasteiger partial charge in [0.2, 0.25) is 5.91 Å². The van der Waals surface area contributed by atoms with E-state index in [0.29, 0.717) is 0 Å². The van der Waals surface area contributed by atoms with Crippen LogP contribution in [0.1, 0.15) is 23.2 Å². The number of ether oxygens (including phenoxy) is 2. The lowest BCUT2D eigenvalue weighted by atomic mass is 10.1. The molecule has 22 heavy (non-hydrogen) atoms. The molecule has 0 radical (unpaired) electrons. The van der Waals surface area contributed by atoms with Crippen LogP contribution < -0.4 is 11.1 Å². The fraction of sp³-hybridized carbons (Fsp3) is 0.357. The first kappa shape index (κ1) is 17.4. The Bertz CT molecular complexity index is 572. The molecule has 0 aliphatic heterocycles. The van der Waals surface area contributed by atoms with Gasteiger partial charge in [-0.15, -0.1) is 0 Å². The van der Waals surface area contributed by atoms with Crippen LogP contribution in [0.4, 0.5) is 5.69 Å². The summed E-state index contributed by atoms with van der Waals surface area (Å²) in [6.07, 6.45) is 0.147. The number of benzene rings is 1. The van der Waals surface area contributed by atoms with Crippen molar-refractivity contribution >= 4 is 23.5 Å². The van der Waals surface area contributed by atoms with Crippen LogP contribution >= 0.6 is 0 Å². The van der Waals surface area contributed by atoms with E-state index >= 15 is 0 Å². The van der Waals surface area contributed by atoms with Crippen LogP contribution in [0, 0.1) is 0 Å². The van der Waals surface area contributed by atoms with Gasteiger partial charge >= 0.3 is 11.9 Å². The summed E-state index contributed by atoms with van der Waals surface area (Å²) in [5, 5.41) is 12.1. The van der Waals surface area contributed by atoms with Gasteiger partial charge < -0.3 is 25.6 Å². The van der Waals surface area contributed by atoms with Crippen molar-refractivity contribution in [1.29, 1.82) is 0 Å². The van der Waals surface area contributed by atoms with Gasteiger partial charge in [-0.2, -0.15) is 0 Å². The van der Waals surface area contributed by atoms with Gasteiger partial charge in [0.25, 0.3) is 0 Å². The van der Waals surface area contributed by atoms with Gasteiger partial charge in [0.05, 0.1) is 20.3 Å². The van der Waals surface area contributed by atoms with Crippen molar-refractivity contribution in [2.75, 3.05) is 19.5 Å². The van der Waals surface area contributed by atoms with E-state index in [4.69, 9.17) is 5.73 Å². The molecule has 0 bridgehead atoms. The number of esters is 2. The summed E-state index contributed by atoms with van der Waals surface area (Å²) >= 11 is 0. The van der Waals surface area contributed by atoms with E-state index < -0.39 is 23.9 Å². The van der Waals surface area contributed by atoms with Crippen LogP contribution in [0.25, 0.3) is 0 Å². The summed E-state index contributed by atoms with van der Waals surface area (Å²) in [5.41, 5.74) is 5.86. The molecule has 4 N–H and O–H groups in total. The Morgan fingerprint density at radius 1 is 1.27 bits per heavy atom. The monoisotopic (exact) mass is 310 g/mol. The zero-order valence-corrected chi connectivity index (χ0v) is 12.3. The number of phenolic OH excluding ortho intramolecular Hbond substituents is 1. The van der Waals surface area contributed by atoms with E-state index in [2.05, 4.69) is 14.8 Å². The standard InChI is InChI=1S/C14H18N2O6/c1-21-12(18)6-4-10(15)13(19)16-8-3-5-11(17)9(7-8)14(20)22-2/h3,5,7,10,17H,4,6,15H2,1-2H3,(H,16,19)/t10-/m0/s1. The van der Waals surface area contributed by atoms with E-state index in [1.54, 1.807) is 0 Å². The molecule has 8 heteroatoms. The lowest BCUT2D eigenvalue weighted by Crippen LogP contribution is -2.36. The number of carbonyl (C=O) groups is 3. The largest absolute Gasteiger partial charge is 0.507 e. The van der Waals surface area contributed by atoms with E-state index in [0.717, 1.165) is 0 Å². The predicted molar refractivity (Wildman–Crippen MR) is 77.3 cm³/mol. The zero-order valence-electron chi connectivity index (χ0n) is 12.3.